The number of Topliss-reactive ketones (excluding diaryl/α,β-unsaturated/α-hetero) is 1. The Kier molecular flexibility index (Phi) is 5.56. The van der Waals surface area contributed by atoms with Gasteiger partial charge in [-0.25, -0.2) is 4.79 Å². The minimum atomic E-state index is -0.889. The summed E-state index contributed by atoms with van der Waals surface area (Å²) in [4.78, 5) is 33.5. The Balaban J connectivity index is 1.82. The quantitative estimate of drug-likeness (QED) is 0.220. The fourth-order valence-electron chi connectivity index (χ4n) is 2.64. The smallest absolute Gasteiger partial charge is 0.379 e. The maximum atomic E-state index is 12.2. The van der Waals surface area contributed by atoms with Gasteiger partial charge in [0, 0.05) is 11.8 Å². The molecule has 0 unspecified atom stereocenters. The van der Waals surface area contributed by atoms with Crippen LogP contribution in [0.3, 0.4) is 0 Å². The van der Waals surface area contributed by atoms with E-state index in [2.05, 4.69) is 14.9 Å². The molecule has 0 saturated carbocycles. The SMILES string of the molecule is COC(=O)C(=O)c1cccc2ccc(CO/N=C(/C)c3ccccn3)cc12. The van der Waals surface area contributed by atoms with Crippen LogP contribution in [0.25, 0.3) is 10.8 Å². The zero-order chi connectivity index (χ0) is 19.2. The molecular weight excluding hydrogens is 344 g/mol. The number of ether oxygens (including phenoxy) is 1. The fraction of sp³-hybridized carbons (Fsp3) is 0.143. The van der Waals surface area contributed by atoms with E-state index in [0.717, 1.165) is 16.6 Å². The van der Waals surface area contributed by atoms with E-state index >= 15 is 0 Å². The van der Waals surface area contributed by atoms with Gasteiger partial charge in [-0.3, -0.25) is 9.78 Å². The number of esters is 1. The number of pyridine rings is 1. The van der Waals surface area contributed by atoms with Crippen molar-refractivity contribution >= 4 is 28.2 Å². The van der Waals surface area contributed by atoms with Gasteiger partial charge in [-0.1, -0.05) is 41.6 Å². The van der Waals surface area contributed by atoms with Crippen molar-refractivity contribution < 1.29 is 19.2 Å². The minimum absolute atomic E-state index is 0.223. The van der Waals surface area contributed by atoms with Crippen LogP contribution in [0.2, 0.25) is 0 Å². The number of nitrogens with zero attached hydrogens (tertiary/aromatic N) is 2. The summed E-state index contributed by atoms with van der Waals surface area (Å²) >= 11 is 0. The van der Waals surface area contributed by atoms with Gasteiger partial charge in [0.1, 0.15) is 12.3 Å². The van der Waals surface area contributed by atoms with Crippen molar-refractivity contribution in [3.63, 3.8) is 0 Å². The molecule has 27 heavy (non-hydrogen) atoms. The monoisotopic (exact) mass is 362 g/mol. The average Bonchev–Trinajstić information content (AvgIpc) is 2.72. The van der Waals surface area contributed by atoms with Crippen molar-refractivity contribution in [1.29, 1.82) is 0 Å². The van der Waals surface area contributed by atoms with Crippen LogP contribution in [0.4, 0.5) is 0 Å². The highest BCUT2D eigenvalue weighted by Gasteiger charge is 2.19. The zero-order valence-corrected chi connectivity index (χ0v) is 15.0. The number of aromatic nitrogens is 1. The predicted molar refractivity (Wildman–Crippen MR) is 102 cm³/mol. The second-order valence-electron chi connectivity index (χ2n) is 5.85. The summed E-state index contributed by atoms with van der Waals surface area (Å²) in [7, 11) is 1.19. The summed E-state index contributed by atoms with van der Waals surface area (Å²) in [5, 5.41) is 5.60. The van der Waals surface area contributed by atoms with Gasteiger partial charge >= 0.3 is 5.97 Å². The number of benzene rings is 2. The van der Waals surface area contributed by atoms with Crippen molar-refractivity contribution in [3.8, 4) is 0 Å². The van der Waals surface area contributed by atoms with Crippen LogP contribution in [0, 0.1) is 0 Å². The van der Waals surface area contributed by atoms with Crippen molar-refractivity contribution in [3.05, 3.63) is 77.6 Å². The van der Waals surface area contributed by atoms with Crippen molar-refractivity contribution in [1.82, 2.24) is 4.98 Å². The molecule has 136 valence electrons. The van der Waals surface area contributed by atoms with E-state index in [4.69, 9.17) is 4.84 Å². The highest BCUT2D eigenvalue weighted by molar-refractivity contribution is 6.42. The predicted octanol–water partition coefficient (Wildman–Crippen LogP) is 3.53. The summed E-state index contributed by atoms with van der Waals surface area (Å²) in [5.74, 6) is -1.56. The molecule has 0 N–H and O–H groups in total. The summed E-state index contributed by atoms with van der Waals surface area (Å²) in [5.41, 5.74) is 2.53. The largest absolute Gasteiger partial charge is 0.463 e. The summed E-state index contributed by atoms with van der Waals surface area (Å²) in [6.07, 6.45) is 1.69. The first-order valence-corrected chi connectivity index (χ1v) is 8.32. The lowest BCUT2D eigenvalue weighted by Gasteiger charge is -2.07. The first-order valence-electron chi connectivity index (χ1n) is 8.32. The third kappa shape index (κ3) is 4.17. The van der Waals surface area contributed by atoms with E-state index in [1.807, 2.05) is 49.4 Å². The molecule has 3 aromatic rings. The molecule has 0 amide bonds. The summed E-state index contributed by atoms with van der Waals surface area (Å²) < 4.78 is 4.54. The molecule has 3 rings (SSSR count). The van der Waals surface area contributed by atoms with Crippen molar-refractivity contribution in [2.24, 2.45) is 5.16 Å². The number of fused-ring (bicyclic) bond motifs is 1. The second kappa shape index (κ2) is 8.23. The van der Waals surface area contributed by atoms with Gasteiger partial charge in [0.15, 0.2) is 0 Å². The van der Waals surface area contributed by atoms with Gasteiger partial charge in [-0.2, -0.15) is 0 Å². The van der Waals surface area contributed by atoms with Crippen LogP contribution in [0.15, 0.2) is 65.9 Å². The lowest BCUT2D eigenvalue weighted by molar-refractivity contribution is -0.135. The van der Waals surface area contributed by atoms with E-state index in [-0.39, 0.29) is 6.61 Å². The molecule has 0 atom stereocenters. The molecule has 1 aromatic heterocycles. The van der Waals surface area contributed by atoms with E-state index < -0.39 is 11.8 Å². The lowest BCUT2D eigenvalue weighted by Crippen LogP contribution is -2.16. The van der Waals surface area contributed by atoms with Crippen LogP contribution in [-0.2, 0) is 21.0 Å². The Bertz CT molecular complexity index is 1010. The third-order valence-corrected chi connectivity index (χ3v) is 4.03. The standard InChI is InChI=1S/C21H18N2O4/c1-14(19-8-3-4-11-22-19)23-27-13-15-9-10-16-6-5-7-17(18(16)12-15)20(24)21(25)26-2/h3-12H,13H2,1-2H3/b23-14-. The molecule has 0 aliphatic carbocycles. The van der Waals surface area contributed by atoms with Crippen LogP contribution in [0.1, 0.15) is 28.5 Å². The Labute approximate surface area is 156 Å². The Morgan fingerprint density at radius 3 is 2.67 bits per heavy atom. The molecule has 6 heteroatoms. The van der Waals surface area contributed by atoms with E-state index in [1.54, 1.807) is 18.3 Å². The number of hydrogen-bond acceptors (Lipinski definition) is 6. The summed E-state index contributed by atoms with van der Waals surface area (Å²) in [6.45, 7) is 2.04. The number of oxime groups is 1. The first-order chi connectivity index (χ1) is 13.1. The Morgan fingerprint density at radius 2 is 1.93 bits per heavy atom. The highest BCUT2D eigenvalue weighted by Crippen LogP contribution is 2.22. The van der Waals surface area contributed by atoms with E-state index in [1.165, 1.54) is 7.11 Å². The van der Waals surface area contributed by atoms with E-state index in [9.17, 15) is 9.59 Å². The maximum Gasteiger partial charge on any atom is 0.379 e. The molecular formula is C21H18N2O4. The Hall–Kier alpha value is -3.54. The minimum Gasteiger partial charge on any atom is -0.463 e. The number of carbonyl (C=O) groups excluding carboxylic acids is 2. The number of hydrogen-bond donors (Lipinski definition) is 0. The molecule has 0 spiro atoms. The first kappa shape index (κ1) is 18.3. The van der Waals surface area contributed by atoms with E-state index in [0.29, 0.717) is 16.7 Å². The normalized spacial score (nSPS) is 11.3. The third-order valence-electron chi connectivity index (χ3n) is 4.03. The van der Waals surface area contributed by atoms with Gasteiger partial charge in [0.05, 0.1) is 12.8 Å². The average molecular weight is 362 g/mol. The number of ketones is 1. The zero-order valence-electron chi connectivity index (χ0n) is 15.0. The number of rotatable bonds is 6. The topological polar surface area (TPSA) is 77.9 Å². The van der Waals surface area contributed by atoms with Crippen molar-refractivity contribution in [2.45, 2.75) is 13.5 Å². The van der Waals surface area contributed by atoms with Crippen LogP contribution < -0.4 is 0 Å². The highest BCUT2D eigenvalue weighted by atomic mass is 16.6. The molecule has 0 saturated heterocycles. The molecule has 0 bridgehead atoms. The second-order valence-corrected chi connectivity index (χ2v) is 5.85. The number of carbonyl (C=O) groups is 2. The molecule has 0 aliphatic rings. The molecule has 6 nitrogen and oxygen atoms in total. The van der Waals surface area contributed by atoms with Gasteiger partial charge < -0.3 is 9.57 Å². The van der Waals surface area contributed by atoms with Crippen LogP contribution in [-0.4, -0.2) is 29.6 Å². The molecule has 1 heterocycles. The molecule has 0 fully saturated rings. The fourth-order valence-corrected chi connectivity index (χ4v) is 2.64. The lowest BCUT2D eigenvalue weighted by atomic mass is 9.99. The number of methoxy groups -OCH3 is 1. The molecule has 0 aliphatic heterocycles. The van der Waals surface area contributed by atoms with Gasteiger partial charge in [0.25, 0.3) is 5.78 Å². The van der Waals surface area contributed by atoms with Crippen LogP contribution >= 0.6 is 0 Å². The molecule has 0 radical (unpaired) electrons. The summed E-state index contributed by atoms with van der Waals surface area (Å²) in [6, 6.07) is 16.4. The van der Waals surface area contributed by atoms with Crippen LogP contribution in [0.5, 0.6) is 0 Å². The Morgan fingerprint density at radius 1 is 1.07 bits per heavy atom. The van der Waals surface area contributed by atoms with Crippen molar-refractivity contribution in [2.75, 3.05) is 7.11 Å². The maximum absolute atomic E-state index is 12.2. The van der Waals surface area contributed by atoms with Gasteiger partial charge in [-0.15, -0.1) is 0 Å². The molecule has 2 aromatic carbocycles. The van der Waals surface area contributed by atoms with Gasteiger partial charge in [0.2, 0.25) is 0 Å². The van der Waals surface area contributed by atoms with Gasteiger partial charge in [-0.05, 0) is 41.5 Å².